The third-order valence-corrected chi connectivity index (χ3v) is 3.72. The molecule has 0 heterocycles. The van der Waals surface area contributed by atoms with Gasteiger partial charge >= 0.3 is 29.6 Å². The minimum Gasteiger partial charge on any atom is -0.748 e. The van der Waals surface area contributed by atoms with Crippen molar-refractivity contribution in [3.05, 3.63) is 29.8 Å². The molecule has 6 heteroatoms. The Morgan fingerprint density at radius 3 is 2.31 bits per heavy atom. The number of thioether (sulfide) groups is 1. The van der Waals surface area contributed by atoms with E-state index in [1.54, 1.807) is 11.8 Å². The maximum atomic E-state index is 10.3. The smallest absolute Gasteiger partial charge is 0.748 e. The van der Waals surface area contributed by atoms with E-state index in [1.165, 1.54) is 5.56 Å². The Hall–Kier alpha value is 0.480. The predicted octanol–water partition coefficient (Wildman–Crippen LogP) is -0.974. The van der Waals surface area contributed by atoms with Gasteiger partial charge in [-0.2, -0.15) is 0 Å². The Bertz CT molecular complexity index is 401. The average molecular weight is 268 g/mol. The monoisotopic (exact) mass is 268 g/mol. The van der Waals surface area contributed by atoms with Crippen molar-refractivity contribution in [3.8, 4) is 0 Å². The zero-order valence-corrected chi connectivity index (χ0v) is 13.1. The van der Waals surface area contributed by atoms with Crippen molar-refractivity contribution in [2.45, 2.75) is 18.2 Å². The number of benzene rings is 1. The summed E-state index contributed by atoms with van der Waals surface area (Å²) in [5.41, 5.74) is 1.20. The Kier molecular flexibility index (Phi) is 7.97. The second-order valence-electron chi connectivity index (χ2n) is 3.28. The molecular formula is C10H13NaO3S2. The molecular weight excluding hydrogens is 255 g/mol. The van der Waals surface area contributed by atoms with Crippen LogP contribution in [0.25, 0.3) is 0 Å². The summed E-state index contributed by atoms with van der Waals surface area (Å²) in [6.45, 7) is 2.01. The molecule has 16 heavy (non-hydrogen) atoms. The molecule has 0 aromatic heterocycles. The zero-order chi connectivity index (χ0) is 11.3. The first kappa shape index (κ1) is 16.5. The Labute approximate surface area is 123 Å². The molecule has 0 amide bonds. The fourth-order valence-corrected chi connectivity index (χ4v) is 2.59. The van der Waals surface area contributed by atoms with E-state index in [0.29, 0.717) is 12.2 Å². The van der Waals surface area contributed by atoms with Crippen molar-refractivity contribution >= 4 is 21.9 Å². The second kappa shape index (κ2) is 7.74. The minimum atomic E-state index is -4.05. The van der Waals surface area contributed by atoms with Crippen molar-refractivity contribution in [2.75, 3.05) is 11.5 Å². The Morgan fingerprint density at radius 1 is 1.25 bits per heavy atom. The van der Waals surface area contributed by atoms with Gasteiger partial charge in [0.25, 0.3) is 0 Å². The van der Waals surface area contributed by atoms with Crippen LogP contribution < -0.4 is 29.6 Å². The molecule has 0 aliphatic rings. The first-order valence-corrected chi connectivity index (χ1v) is 7.17. The van der Waals surface area contributed by atoms with E-state index in [4.69, 9.17) is 0 Å². The SMILES string of the molecule is Cc1ccc(SCCCS(=O)(=O)[O-])cc1.[Na+]. The summed E-state index contributed by atoms with van der Waals surface area (Å²) in [6, 6.07) is 8.00. The number of hydrogen-bond acceptors (Lipinski definition) is 4. The molecule has 3 nitrogen and oxygen atoms in total. The van der Waals surface area contributed by atoms with Crippen LogP contribution >= 0.6 is 11.8 Å². The molecule has 0 unspecified atom stereocenters. The van der Waals surface area contributed by atoms with Crippen molar-refractivity contribution in [1.29, 1.82) is 0 Å². The van der Waals surface area contributed by atoms with E-state index in [2.05, 4.69) is 0 Å². The van der Waals surface area contributed by atoms with Gasteiger partial charge in [0.2, 0.25) is 0 Å². The first-order chi connectivity index (χ1) is 6.97. The summed E-state index contributed by atoms with van der Waals surface area (Å²) in [4.78, 5) is 1.10. The molecule has 0 aliphatic carbocycles. The summed E-state index contributed by atoms with van der Waals surface area (Å²) in [5.74, 6) is 0.385. The first-order valence-electron chi connectivity index (χ1n) is 4.60. The third-order valence-electron chi connectivity index (χ3n) is 1.83. The van der Waals surface area contributed by atoms with Crippen molar-refractivity contribution in [3.63, 3.8) is 0 Å². The molecule has 1 aromatic rings. The van der Waals surface area contributed by atoms with Crippen LogP contribution in [0, 0.1) is 6.92 Å². The van der Waals surface area contributed by atoms with Crippen molar-refractivity contribution in [2.24, 2.45) is 0 Å². The van der Waals surface area contributed by atoms with E-state index >= 15 is 0 Å². The maximum absolute atomic E-state index is 10.3. The van der Waals surface area contributed by atoms with Gasteiger partial charge in [-0.15, -0.1) is 11.8 Å². The molecule has 0 fully saturated rings. The Morgan fingerprint density at radius 2 is 1.81 bits per heavy atom. The van der Waals surface area contributed by atoms with Gasteiger partial charge in [0, 0.05) is 10.6 Å². The van der Waals surface area contributed by atoms with Crippen molar-refractivity contribution < 1.29 is 42.5 Å². The summed E-state index contributed by atoms with van der Waals surface area (Å²) < 4.78 is 31.0. The predicted molar refractivity (Wildman–Crippen MR) is 61.1 cm³/mol. The fourth-order valence-electron chi connectivity index (χ4n) is 1.06. The van der Waals surface area contributed by atoms with Gasteiger partial charge in [-0.3, -0.25) is 0 Å². The van der Waals surface area contributed by atoms with E-state index in [0.717, 1.165) is 4.90 Å². The molecule has 84 valence electrons. The van der Waals surface area contributed by atoms with Gasteiger partial charge in [0.05, 0.1) is 10.1 Å². The summed E-state index contributed by atoms with van der Waals surface area (Å²) in [6.07, 6.45) is 0.407. The summed E-state index contributed by atoms with van der Waals surface area (Å²) in [5, 5.41) is 0. The normalized spacial score (nSPS) is 10.9. The quantitative estimate of drug-likeness (QED) is 0.298. The average Bonchev–Trinajstić information content (AvgIpc) is 2.14. The van der Waals surface area contributed by atoms with Gasteiger partial charge in [-0.25, -0.2) is 8.42 Å². The maximum Gasteiger partial charge on any atom is 1.00 e. The van der Waals surface area contributed by atoms with Crippen LogP contribution in [0.15, 0.2) is 29.2 Å². The minimum absolute atomic E-state index is 0. The molecule has 0 saturated heterocycles. The number of hydrogen-bond donors (Lipinski definition) is 0. The fraction of sp³-hybridized carbons (Fsp3) is 0.400. The van der Waals surface area contributed by atoms with Gasteiger partial charge in [0.1, 0.15) is 0 Å². The van der Waals surface area contributed by atoms with Gasteiger partial charge in [-0.05, 0) is 31.2 Å². The van der Waals surface area contributed by atoms with Crippen LogP contribution in [-0.2, 0) is 10.1 Å². The molecule has 0 bridgehead atoms. The van der Waals surface area contributed by atoms with Crippen molar-refractivity contribution in [1.82, 2.24) is 0 Å². The topological polar surface area (TPSA) is 57.2 Å². The van der Waals surface area contributed by atoms with Crippen LogP contribution in [0.2, 0.25) is 0 Å². The zero-order valence-electron chi connectivity index (χ0n) is 9.47. The molecule has 0 spiro atoms. The molecule has 0 saturated carbocycles. The number of rotatable bonds is 5. The van der Waals surface area contributed by atoms with E-state index in [1.807, 2.05) is 31.2 Å². The largest absolute Gasteiger partial charge is 1.00 e. The summed E-state index contributed by atoms with van der Waals surface area (Å²) >= 11 is 1.57. The molecule has 0 aliphatic heterocycles. The van der Waals surface area contributed by atoms with Crippen LogP contribution in [0.5, 0.6) is 0 Å². The van der Waals surface area contributed by atoms with Gasteiger partial charge in [-0.1, -0.05) is 17.7 Å². The third kappa shape index (κ3) is 7.70. The molecule has 1 rings (SSSR count). The van der Waals surface area contributed by atoms with E-state index in [-0.39, 0.29) is 35.3 Å². The molecule has 0 atom stereocenters. The number of aryl methyl sites for hydroxylation is 1. The van der Waals surface area contributed by atoms with Gasteiger partial charge < -0.3 is 4.55 Å². The summed E-state index contributed by atoms with van der Waals surface area (Å²) in [7, 11) is -4.05. The molecule has 1 aromatic carbocycles. The van der Waals surface area contributed by atoms with Crippen LogP contribution in [0.1, 0.15) is 12.0 Å². The molecule has 0 N–H and O–H groups in total. The standard InChI is InChI=1S/C10H14O3S2.Na/c1-9-3-5-10(6-4-9)14-7-2-8-15(11,12)13;/h3-6H,2,7-8H2,1H3,(H,11,12,13);/q;+1/p-1. The van der Waals surface area contributed by atoms with Crippen LogP contribution in [0.3, 0.4) is 0 Å². The van der Waals surface area contributed by atoms with E-state index in [9.17, 15) is 13.0 Å². The van der Waals surface area contributed by atoms with E-state index < -0.39 is 10.1 Å². The van der Waals surface area contributed by atoms with Crippen LogP contribution in [0.4, 0.5) is 0 Å². The Balaban J connectivity index is 0.00000225. The van der Waals surface area contributed by atoms with Gasteiger partial charge in [0.15, 0.2) is 0 Å². The van der Waals surface area contributed by atoms with Crippen LogP contribution in [-0.4, -0.2) is 24.5 Å². The molecule has 0 radical (unpaired) electrons. The second-order valence-corrected chi connectivity index (χ2v) is 5.97.